The average Bonchev–Trinajstić information content (AvgIpc) is 2.01. The van der Waals surface area contributed by atoms with Crippen molar-refractivity contribution in [3.05, 3.63) is 0 Å². The number of alkyl halides is 1. The normalized spacial score (nSPS) is 15.9. The fourth-order valence-corrected chi connectivity index (χ4v) is 2.37. The van der Waals surface area contributed by atoms with Gasteiger partial charge >= 0.3 is 0 Å². The molecule has 0 aromatic carbocycles. The Morgan fingerprint density at radius 3 is 2.08 bits per heavy atom. The summed E-state index contributed by atoms with van der Waals surface area (Å²) in [6, 6.07) is 0. The summed E-state index contributed by atoms with van der Waals surface area (Å²) in [7, 11) is 1.70. The van der Waals surface area contributed by atoms with E-state index in [0.29, 0.717) is 5.33 Å². The summed E-state index contributed by atoms with van der Waals surface area (Å²) in [5, 5.41) is 10.4. The van der Waals surface area contributed by atoms with Crippen molar-refractivity contribution >= 4 is 15.9 Å². The van der Waals surface area contributed by atoms with Crippen molar-refractivity contribution in [1.29, 1.82) is 0 Å². The molecule has 0 aliphatic carbocycles. The molecular weight excluding hydrogens is 232 g/mol. The topological polar surface area (TPSA) is 29.5 Å². The Balaban J connectivity index is 4.32. The Hall–Kier alpha value is 0.400. The molecule has 0 aliphatic rings. The van der Waals surface area contributed by atoms with Crippen molar-refractivity contribution in [3.63, 3.8) is 0 Å². The van der Waals surface area contributed by atoms with Gasteiger partial charge in [0.15, 0.2) is 0 Å². The van der Waals surface area contributed by atoms with E-state index in [1.54, 1.807) is 7.11 Å². The molecule has 0 aromatic rings. The van der Waals surface area contributed by atoms with Crippen LogP contribution in [0.3, 0.4) is 0 Å². The molecule has 80 valence electrons. The van der Waals surface area contributed by atoms with Gasteiger partial charge in [-0.25, -0.2) is 0 Å². The molecule has 0 heterocycles. The molecule has 2 nitrogen and oxygen atoms in total. The molecule has 0 unspecified atom stereocenters. The Kier molecular flexibility index (Phi) is 4.91. The highest BCUT2D eigenvalue weighted by Gasteiger charge is 2.33. The van der Waals surface area contributed by atoms with Gasteiger partial charge in [-0.2, -0.15) is 0 Å². The van der Waals surface area contributed by atoms with Gasteiger partial charge in [-0.15, -0.1) is 0 Å². The van der Waals surface area contributed by atoms with Gasteiger partial charge in [0.1, 0.15) is 0 Å². The fraction of sp³-hybridized carbons (Fsp3) is 1.00. The lowest BCUT2D eigenvalue weighted by Crippen LogP contribution is -2.38. The zero-order valence-electron chi connectivity index (χ0n) is 9.22. The zero-order chi connectivity index (χ0) is 10.7. The molecular formula is C10H21BrO2. The third-order valence-electron chi connectivity index (χ3n) is 2.48. The van der Waals surface area contributed by atoms with Gasteiger partial charge in [0, 0.05) is 12.4 Å². The highest BCUT2D eigenvalue weighted by Crippen LogP contribution is 2.33. The van der Waals surface area contributed by atoms with Crippen LogP contribution in [0.4, 0.5) is 0 Å². The second kappa shape index (κ2) is 4.76. The minimum Gasteiger partial charge on any atom is -0.392 e. The molecule has 0 radical (unpaired) electrons. The molecule has 0 aliphatic heterocycles. The third kappa shape index (κ3) is 4.43. The summed E-state index contributed by atoms with van der Waals surface area (Å²) in [6.45, 7) is 8.19. The van der Waals surface area contributed by atoms with Gasteiger partial charge in [-0.3, -0.25) is 0 Å². The van der Waals surface area contributed by atoms with Crippen molar-refractivity contribution in [2.75, 3.05) is 12.4 Å². The van der Waals surface area contributed by atoms with Crippen molar-refractivity contribution in [3.8, 4) is 0 Å². The van der Waals surface area contributed by atoms with Crippen molar-refractivity contribution < 1.29 is 9.84 Å². The van der Waals surface area contributed by atoms with E-state index in [9.17, 15) is 5.11 Å². The van der Waals surface area contributed by atoms with E-state index in [-0.39, 0.29) is 17.1 Å². The van der Waals surface area contributed by atoms with Crippen LogP contribution in [-0.4, -0.2) is 29.3 Å². The van der Waals surface area contributed by atoms with Gasteiger partial charge < -0.3 is 9.84 Å². The van der Waals surface area contributed by atoms with E-state index in [4.69, 9.17) is 4.74 Å². The number of ether oxygens (including phenoxy) is 1. The first-order valence-corrected chi connectivity index (χ1v) is 5.66. The SMILES string of the molecule is COC(C)(C)CC(C)(C)[C@@H](O)CBr. The Morgan fingerprint density at radius 2 is 1.77 bits per heavy atom. The van der Waals surface area contributed by atoms with E-state index in [1.807, 2.05) is 13.8 Å². The molecule has 1 N–H and O–H groups in total. The predicted molar refractivity (Wildman–Crippen MR) is 59.3 cm³/mol. The highest BCUT2D eigenvalue weighted by molar-refractivity contribution is 9.09. The molecule has 3 heteroatoms. The van der Waals surface area contributed by atoms with Crippen LogP contribution in [-0.2, 0) is 4.74 Å². The van der Waals surface area contributed by atoms with Gasteiger partial charge in [0.2, 0.25) is 0 Å². The summed E-state index contributed by atoms with van der Waals surface area (Å²) in [5.74, 6) is 0. The van der Waals surface area contributed by atoms with E-state index < -0.39 is 0 Å². The molecule has 0 aromatic heterocycles. The second-order valence-corrected chi connectivity index (χ2v) is 5.45. The number of aliphatic hydroxyl groups is 1. The first-order valence-electron chi connectivity index (χ1n) is 4.54. The van der Waals surface area contributed by atoms with Crippen LogP contribution in [0.15, 0.2) is 0 Å². The molecule has 0 spiro atoms. The van der Waals surface area contributed by atoms with Gasteiger partial charge in [-0.1, -0.05) is 29.8 Å². The summed E-state index contributed by atoms with van der Waals surface area (Å²) >= 11 is 3.29. The van der Waals surface area contributed by atoms with Crippen molar-refractivity contribution in [1.82, 2.24) is 0 Å². The van der Waals surface area contributed by atoms with Crippen LogP contribution in [0.5, 0.6) is 0 Å². The number of hydrogen-bond acceptors (Lipinski definition) is 2. The summed E-state index contributed by atoms with van der Waals surface area (Å²) in [4.78, 5) is 0. The summed E-state index contributed by atoms with van der Waals surface area (Å²) in [6.07, 6.45) is 0.505. The highest BCUT2D eigenvalue weighted by atomic mass is 79.9. The standard InChI is InChI=1S/C10H21BrO2/c1-9(2,8(12)6-11)7-10(3,4)13-5/h8,12H,6-7H2,1-5H3/t8-/m0/s1. The van der Waals surface area contributed by atoms with Crippen molar-refractivity contribution in [2.45, 2.75) is 45.8 Å². The smallest absolute Gasteiger partial charge is 0.0688 e. The molecule has 1 atom stereocenters. The number of rotatable bonds is 5. The maximum absolute atomic E-state index is 9.74. The van der Waals surface area contributed by atoms with Crippen LogP contribution >= 0.6 is 15.9 Å². The van der Waals surface area contributed by atoms with E-state index in [1.165, 1.54) is 0 Å². The van der Waals surface area contributed by atoms with Gasteiger partial charge in [0.25, 0.3) is 0 Å². The van der Waals surface area contributed by atoms with Crippen LogP contribution < -0.4 is 0 Å². The van der Waals surface area contributed by atoms with Gasteiger partial charge in [0.05, 0.1) is 11.7 Å². The van der Waals surface area contributed by atoms with Gasteiger partial charge in [-0.05, 0) is 25.7 Å². The number of halogens is 1. The summed E-state index contributed by atoms with van der Waals surface area (Å²) in [5.41, 5.74) is -0.296. The lowest BCUT2D eigenvalue weighted by Gasteiger charge is -2.36. The maximum atomic E-state index is 9.74. The average molecular weight is 253 g/mol. The lowest BCUT2D eigenvalue weighted by molar-refractivity contribution is -0.0443. The number of methoxy groups -OCH3 is 1. The molecule has 0 saturated heterocycles. The summed E-state index contributed by atoms with van der Waals surface area (Å²) < 4.78 is 5.34. The number of hydrogen-bond donors (Lipinski definition) is 1. The van der Waals surface area contributed by atoms with Crippen LogP contribution in [0.1, 0.15) is 34.1 Å². The van der Waals surface area contributed by atoms with E-state index in [2.05, 4.69) is 29.8 Å². The molecule has 0 fully saturated rings. The number of aliphatic hydroxyl groups excluding tert-OH is 1. The minimum atomic E-state index is -0.332. The Bertz CT molecular complexity index is 155. The lowest BCUT2D eigenvalue weighted by atomic mass is 9.78. The monoisotopic (exact) mass is 252 g/mol. The largest absolute Gasteiger partial charge is 0.392 e. The molecule has 0 saturated carbocycles. The third-order valence-corrected chi connectivity index (χ3v) is 3.10. The maximum Gasteiger partial charge on any atom is 0.0688 e. The first kappa shape index (κ1) is 13.4. The van der Waals surface area contributed by atoms with Crippen molar-refractivity contribution in [2.24, 2.45) is 5.41 Å². The van der Waals surface area contributed by atoms with Crippen LogP contribution in [0, 0.1) is 5.41 Å². The zero-order valence-corrected chi connectivity index (χ0v) is 10.8. The fourth-order valence-electron chi connectivity index (χ4n) is 1.50. The van der Waals surface area contributed by atoms with E-state index in [0.717, 1.165) is 6.42 Å². The van der Waals surface area contributed by atoms with E-state index >= 15 is 0 Å². The Morgan fingerprint density at radius 1 is 1.31 bits per heavy atom. The first-order chi connectivity index (χ1) is 5.75. The van der Waals surface area contributed by atoms with Crippen LogP contribution in [0.25, 0.3) is 0 Å². The predicted octanol–water partition coefficient (Wildman–Crippen LogP) is 2.58. The molecule has 0 rings (SSSR count). The minimum absolute atomic E-state index is 0.122. The molecule has 13 heavy (non-hydrogen) atoms. The second-order valence-electron chi connectivity index (χ2n) is 4.80. The van der Waals surface area contributed by atoms with Crippen LogP contribution in [0.2, 0.25) is 0 Å². The molecule has 0 bridgehead atoms. The quantitative estimate of drug-likeness (QED) is 0.763. The molecule has 0 amide bonds. The Labute approximate surface area is 89.8 Å².